The van der Waals surface area contributed by atoms with Crippen LogP contribution >= 0.6 is 0 Å². The van der Waals surface area contributed by atoms with Gasteiger partial charge in [0.05, 0.1) is 12.2 Å². The number of nitrogens with zero attached hydrogens (tertiary/aromatic N) is 1. The number of rotatable bonds is 7. The number of hydrogen-bond donors (Lipinski definition) is 1. The molecule has 0 radical (unpaired) electrons. The first-order valence-electron chi connectivity index (χ1n) is 8.66. The third kappa shape index (κ3) is 5.37. The second-order valence-electron chi connectivity index (χ2n) is 6.72. The molecule has 0 aliphatic rings. The second-order valence-corrected chi connectivity index (χ2v) is 6.72. The summed E-state index contributed by atoms with van der Waals surface area (Å²) in [6, 6.07) is 7.45. The van der Waals surface area contributed by atoms with Crippen LogP contribution in [0.2, 0.25) is 0 Å². The molecule has 13 heteroatoms. The van der Waals surface area contributed by atoms with E-state index >= 15 is 0 Å². The fourth-order valence-corrected chi connectivity index (χ4v) is 2.47. The molecular formula is C19H15F10NO2. The first kappa shape index (κ1) is 25.6. The van der Waals surface area contributed by atoms with Crippen molar-refractivity contribution in [2.75, 3.05) is 11.6 Å². The Morgan fingerprint density at radius 3 is 2.00 bits per heavy atom. The van der Waals surface area contributed by atoms with Crippen LogP contribution in [0.4, 0.5) is 49.6 Å². The Hall–Kier alpha value is -2.70. The lowest BCUT2D eigenvalue weighted by Crippen LogP contribution is -2.50. The van der Waals surface area contributed by atoms with Gasteiger partial charge >= 0.3 is 24.2 Å². The lowest BCUT2D eigenvalue weighted by molar-refractivity contribution is -0.359. The Labute approximate surface area is 174 Å². The predicted octanol–water partition coefficient (Wildman–Crippen LogP) is 6.01. The molecule has 1 atom stereocenters. The molecule has 2 aromatic carbocycles. The molecule has 0 saturated heterocycles. The summed E-state index contributed by atoms with van der Waals surface area (Å²) in [4.78, 5) is 5.07. The first-order chi connectivity index (χ1) is 14.5. The van der Waals surface area contributed by atoms with Gasteiger partial charge in [0.15, 0.2) is 11.9 Å². The molecule has 0 spiro atoms. The molecule has 2 aromatic rings. The quantitative estimate of drug-likeness (QED) is 0.390. The van der Waals surface area contributed by atoms with Crippen LogP contribution in [0.15, 0.2) is 48.5 Å². The van der Waals surface area contributed by atoms with E-state index in [1.54, 1.807) is 13.0 Å². The molecule has 0 saturated carbocycles. The summed E-state index contributed by atoms with van der Waals surface area (Å²) in [6.45, 7) is 0.300. The van der Waals surface area contributed by atoms with Crippen molar-refractivity contribution in [1.82, 2.24) is 0 Å². The third-order valence-corrected chi connectivity index (χ3v) is 4.17. The van der Waals surface area contributed by atoms with Gasteiger partial charge in [-0.25, -0.2) is 5.06 Å². The van der Waals surface area contributed by atoms with Gasteiger partial charge in [0.25, 0.3) is 0 Å². The minimum Gasteiger partial charge on any atom is -0.382 e. The van der Waals surface area contributed by atoms with Gasteiger partial charge in [0, 0.05) is 5.56 Å². The largest absolute Gasteiger partial charge is 0.460 e. The molecule has 0 bridgehead atoms. The average molecular weight is 479 g/mol. The van der Waals surface area contributed by atoms with Crippen molar-refractivity contribution in [3.05, 3.63) is 59.7 Å². The van der Waals surface area contributed by atoms with Crippen molar-refractivity contribution in [2.24, 2.45) is 0 Å². The predicted molar refractivity (Wildman–Crippen MR) is 92.6 cm³/mol. The molecule has 0 amide bonds. The fraction of sp³-hybridized carbons (Fsp3) is 0.368. The van der Waals surface area contributed by atoms with Crippen molar-refractivity contribution < 1.29 is 53.8 Å². The molecule has 0 heterocycles. The zero-order chi connectivity index (χ0) is 24.5. The van der Waals surface area contributed by atoms with Gasteiger partial charge in [-0.3, -0.25) is 0 Å². The Morgan fingerprint density at radius 1 is 0.875 bits per heavy atom. The Bertz CT molecular complexity index is 927. The molecule has 3 nitrogen and oxygen atoms in total. The van der Waals surface area contributed by atoms with Crippen LogP contribution in [0.25, 0.3) is 0 Å². The molecule has 32 heavy (non-hydrogen) atoms. The maximum atomic E-state index is 14.0. The van der Waals surface area contributed by atoms with Gasteiger partial charge in [0.2, 0.25) is 0 Å². The summed E-state index contributed by atoms with van der Waals surface area (Å²) in [5, 5.41) is 9.80. The minimum atomic E-state index is -6.57. The molecule has 1 N–H and O–H groups in total. The monoisotopic (exact) mass is 479 g/mol. The highest BCUT2D eigenvalue weighted by atomic mass is 19.4. The smallest absolute Gasteiger partial charge is 0.382 e. The van der Waals surface area contributed by atoms with Gasteiger partial charge in [-0.2, -0.15) is 43.9 Å². The number of aryl methyl sites for hydroxylation is 1. The summed E-state index contributed by atoms with van der Waals surface area (Å²) >= 11 is 0. The van der Waals surface area contributed by atoms with Gasteiger partial charge in [-0.1, -0.05) is 24.3 Å². The molecule has 0 aromatic heterocycles. The lowest BCUT2D eigenvalue weighted by atomic mass is 10.0. The highest BCUT2D eigenvalue weighted by molar-refractivity contribution is 5.47. The van der Waals surface area contributed by atoms with Crippen molar-refractivity contribution in [1.29, 1.82) is 0 Å². The number of aliphatic hydroxyl groups excluding tert-OH is 1. The van der Waals surface area contributed by atoms with Crippen molar-refractivity contribution in [3.8, 4) is 5.75 Å². The number of anilines is 1. The summed E-state index contributed by atoms with van der Waals surface area (Å²) in [6.07, 6.45) is -14.6. The topological polar surface area (TPSA) is 32.7 Å². The van der Waals surface area contributed by atoms with Gasteiger partial charge in [0.1, 0.15) is 0 Å². The fourth-order valence-electron chi connectivity index (χ4n) is 2.47. The van der Waals surface area contributed by atoms with E-state index in [9.17, 15) is 49.0 Å². The van der Waals surface area contributed by atoms with Gasteiger partial charge < -0.3 is 9.94 Å². The summed E-state index contributed by atoms with van der Waals surface area (Å²) in [7, 11) is 0. The van der Waals surface area contributed by atoms with Crippen LogP contribution in [-0.2, 0) is 5.92 Å². The normalized spacial score (nSPS) is 14.2. The number of halogens is 10. The maximum Gasteiger partial charge on any atom is 0.460 e. The van der Waals surface area contributed by atoms with E-state index in [0.29, 0.717) is 16.7 Å². The Morgan fingerprint density at radius 2 is 1.47 bits per heavy atom. The summed E-state index contributed by atoms with van der Waals surface area (Å²) < 4.78 is 130. The Balaban J connectivity index is 2.43. The van der Waals surface area contributed by atoms with Crippen LogP contribution in [0, 0.1) is 6.92 Å². The van der Waals surface area contributed by atoms with Crippen LogP contribution in [0.3, 0.4) is 0 Å². The van der Waals surface area contributed by atoms with Gasteiger partial charge in [-0.05, 0) is 36.8 Å². The second kappa shape index (κ2) is 8.68. The van der Waals surface area contributed by atoms with Crippen LogP contribution in [-0.4, -0.2) is 36.0 Å². The molecule has 0 unspecified atom stereocenters. The highest BCUT2D eigenvalue weighted by Gasteiger charge is 2.73. The van der Waals surface area contributed by atoms with E-state index in [2.05, 4.69) is 0 Å². The average Bonchev–Trinajstić information content (AvgIpc) is 2.66. The number of alkyl halides is 10. The zero-order valence-electron chi connectivity index (χ0n) is 16.0. The number of hydroxylamine groups is 1. The van der Waals surface area contributed by atoms with E-state index in [-0.39, 0.29) is 17.8 Å². The summed E-state index contributed by atoms with van der Waals surface area (Å²) in [5.74, 6) is -12.9. The number of aliphatic hydroxyl groups is 1. The number of benzene rings is 2. The number of hydrogen-bond acceptors (Lipinski definition) is 3. The molecular weight excluding hydrogens is 464 g/mol. The first-order valence-corrected chi connectivity index (χ1v) is 8.66. The van der Waals surface area contributed by atoms with Crippen molar-refractivity contribution in [2.45, 2.75) is 37.2 Å². The van der Waals surface area contributed by atoms with E-state index in [4.69, 9.17) is 4.84 Å². The van der Waals surface area contributed by atoms with Crippen LogP contribution in [0.5, 0.6) is 5.75 Å². The highest BCUT2D eigenvalue weighted by Crippen LogP contribution is 2.52. The maximum absolute atomic E-state index is 14.0. The molecule has 0 fully saturated rings. The molecule has 178 valence electrons. The van der Waals surface area contributed by atoms with Gasteiger partial charge in [-0.15, -0.1) is 0 Å². The van der Waals surface area contributed by atoms with E-state index in [0.717, 1.165) is 6.07 Å². The van der Waals surface area contributed by atoms with Crippen molar-refractivity contribution in [3.63, 3.8) is 0 Å². The zero-order valence-corrected chi connectivity index (χ0v) is 16.0. The third-order valence-electron chi connectivity index (χ3n) is 4.17. The minimum absolute atomic E-state index is 0.0777. The molecule has 0 aliphatic heterocycles. The van der Waals surface area contributed by atoms with Crippen molar-refractivity contribution >= 4 is 5.69 Å². The Kier molecular flexibility index (Phi) is 6.93. The van der Waals surface area contributed by atoms with Crippen LogP contribution in [0.1, 0.15) is 11.1 Å². The molecule has 2 rings (SSSR count). The van der Waals surface area contributed by atoms with Crippen LogP contribution < -0.4 is 9.90 Å². The summed E-state index contributed by atoms with van der Waals surface area (Å²) in [5.41, 5.74) is -1.33. The molecule has 0 aliphatic carbocycles. The van der Waals surface area contributed by atoms with E-state index in [1.807, 2.05) is 0 Å². The van der Waals surface area contributed by atoms with E-state index < -0.39 is 48.2 Å². The SMILES string of the molecule is Cc1cccc(N(C[C@@H](O)C(F)(F)F)Oc2cccc(C(F)(F)C(F)(F)C(F)(F)F)c2)c1. The lowest BCUT2D eigenvalue weighted by Gasteiger charge is -2.30. The standard InChI is InChI=1S/C19H15F10NO2/c1-11-4-2-6-13(8-11)30(10-15(31)17(22,23)24)32-14-7-3-5-12(9-14)16(20,21)18(25,26)19(27,28)29/h2-9,15,31H,10H2,1H3/t15-/m1/s1. The van der Waals surface area contributed by atoms with E-state index in [1.165, 1.54) is 18.2 Å².